The van der Waals surface area contributed by atoms with Crippen LogP contribution in [0.25, 0.3) is 11.1 Å². The van der Waals surface area contributed by atoms with Gasteiger partial charge in [0.2, 0.25) is 5.91 Å². The quantitative estimate of drug-likeness (QED) is 0.849. The number of likely N-dealkylation sites (N-methyl/N-ethyl adjacent to an activating group) is 1. The summed E-state index contributed by atoms with van der Waals surface area (Å²) in [6.07, 6.45) is 5.19. The van der Waals surface area contributed by atoms with Crippen LogP contribution in [0.4, 0.5) is 4.39 Å². The maximum atomic E-state index is 13.0. The molecule has 2 aliphatic rings. The third-order valence-electron chi connectivity index (χ3n) is 5.35. The first-order valence-electron chi connectivity index (χ1n) is 8.14. The van der Waals surface area contributed by atoms with Gasteiger partial charge in [-0.2, -0.15) is 0 Å². The molecule has 2 fully saturated rings. The minimum absolute atomic E-state index is 0.102. The van der Waals surface area contributed by atoms with Gasteiger partial charge in [0.15, 0.2) is 0 Å². The van der Waals surface area contributed by atoms with Gasteiger partial charge in [-0.1, -0.05) is 24.6 Å². The van der Waals surface area contributed by atoms with E-state index in [0.29, 0.717) is 12.0 Å². The van der Waals surface area contributed by atoms with Crippen molar-refractivity contribution in [1.82, 2.24) is 9.88 Å². The monoisotopic (exact) mass is 310 g/mol. The number of hydrogen-bond donors (Lipinski definition) is 0. The molecule has 2 aromatic rings. The summed E-state index contributed by atoms with van der Waals surface area (Å²) in [6, 6.07) is 10.7. The van der Waals surface area contributed by atoms with E-state index >= 15 is 0 Å². The Morgan fingerprint density at radius 3 is 2.52 bits per heavy atom. The van der Waals surface area contributed by atoms with E-state index in [1.807, 2.05) is 24.1 Å². The van der Waals surface area contributed by atoms with Crippen LogP contribution in [0.5, 0.6) is 0 Å². The Hall–Kier alpha value is -2.23. The molecule has 0 N–H and O–H groups in total. The molecule has 1 aliphatic carbocycles. The molecule has 3 atom stereocenters. The zero-order chi connectivity index (χ0) is 16.0. The van der Waals surface area contributed by atoms with Crippen molar-refractivity contribution in [3.63, 3.8) is 0 Å². The van der Waals surface area contributed by atoms with Crippen LogP contribution >= 0.6 is 0 Å². The molecule has 0 radical (unpaired) electrons. The van der Waals surface area contributed by atoms with Crippen molar-refractivity contribution in [3.8, 4) is 11.1 Å². The van der Waals surface area contributed by atoms with Gasteiger partial charge < -0.3 is 4.90 Å². The van der Waals surface area contributed by atoms with E-state index in [2.05, 4.69) is 4.98 Å². The van der Waals surface area contributed by atoms with Gasteiger partial charge in [0, 0.05) is 24.8 Å². The topological polar surface area (TPSA) is 33.2 Å². The molecule has 4 heteroatoms. The molecule has 1 saturated heterocycles. The van der Waals surface area contributed by atoms with E-state index in [1.165, 1.54) is 18.6 Å². The Bertz CT molecular complexity index is 726. The lowest BCUT2D eigenvalue weighted by Gasteiger charge is -2.17. The fourth-order valence-electron chi connectivity index (χ4n) is 4.15. The predicted molar refractivity (Wildman–Crippen MR) is 86.3 cm³/mol. The summed E-state index contributed by atoms with van der Waals surface area (Å²) in [7, 11) is 1.91. The highest BCUT2D eigenvalue weighted by Crippen LogP contribution is 2.45. The van der Waals surface area contributed by atoms with Crippen LogP contribution in [0.1, 0.15) is 30.9 Å². The number of aromatic nitrogens is 1. The minimum Gasteiger partial charge on any atom is -0.342 e. The van der Waals surface area contributed by atoms with Gasteiger partial charge in [-0.05, 0) is 42.5 Å². The Morgan fingerprint density at radius 1 is 1.09 bits per heavy atom. The maximum Gasteiger partial charge on any atom is 0.232 e. The number of pyridine rings is 1. The van der Waals surface area contributed by atoms with Crippen molar-refractivity contribution in [3.05, 3.63) is 54.1 Å². The summed E-state index contributed by atoms with van der Waals surface area (Å²) in [6.45, 7) is 0. The molecule has 23 heavy (non-hydrogen) atoms. The Morgan fingerprint density at radius 2 is 1.83 bits per heavy atom. The fraction of sp³-hybridized carbons (Fsp3) is 0.368. The van der Waals surface area contributed by atoms with Gasteiger partial charge in [-0.25, -0.2) is 4.39 Å². The molecule has 3 nitrogen and oxygen atoms in total. The molecule has 4 rings (SSSR count). The Balaban J connectivity index is 1.63. The van der Waals surface area contributed by atoms with Crippen molar-refractivity contribution in [1.29, 1.82) is 0 Å². The molecule has 1 amide bonds. The lowest BCUT2D eigenvalue weighted by atomic mass is 9.88. The third-order valence-corrected chi connectivity index (χ3v) is 5.35. The SMILES string of the molecule is CN1C(=O)[C@@H](c2ccc(-c3ccc(F)cc3)cn2)[C@@H]2CCC[C@@H]21. The van der Waals surface area contributed by atoms with Crippen molar-refractivity contribution in [2.75, 3.05) is 7.05 Å². The second-order valence-corrected chi connectivity index (χ2v) is 6.57. The first kappa shape index (κ1) is 14.4. The predicted octanol–water partition coefficient (Wildman–Crippen LogP) is 3.61. The van der Waals surface area contributed by atoms with Crippen molar-refractivity contribution in [2.45, 2.75) is 31.2 Å². The standard InChI is InChI=1S/C19H19FN2O/c1-22-17-4-2-3-15(17)18(19(22)23)16-10-7-13(11-21-16)12-5-8-14(20)9-6-12/h5-11,15,17-18H,2-4H2,1H3/t15-,17+,18-/m1/s1. The second-order valence-electron chi connectivity index (χ2n) is 6.57. The molecule has 0 spiro atoms. The molecule has 118 valence electrons. The summed E-state index contributed by atoms with van der Waals surface area (Å²) in [5.74, 6) is 0.248. The lowest BCUT2D eigenvalue weighted by molar-refractivity contribution is -0.129. The van der Waals surface area contributed by atoms with Gasteiger partial charge >= 0.3 is 0 Å². The number of halogens is 1. The van der Waals surface area contributed by atoms with E-state index in [4.69, 9.17) is 0 Å². The van der Waals surface area contributed by atoms with E-state index in [1.54, 1.807) is 18.3 Å². The lowest BCUT2D eigenvalue weighted by Crippen LogP contribution is -2.29. The molecule has 2 heterocycles. The molecule has 1 aliphatic heterocycles. The van der Waals surface area contributed by atoms with Crippen LogP contribution < -0.4 is 0 Å². The zero-order valence-corrected chi connectivity index (χ0v) is 13.1. The van der Waals surface area contributed by atoms with Crippen molar-refractivity contribution >= 4 is 5.91 Å². The number of likely N-dealkylation sites (tertiary alicyclic amines) is 1. The highest BCUT2D eigenvalue weighted by atomic mass is 19.1. The number of rotatable bonds is 2. The Kier molecular flexibility index (Phi) is 3.40. The van der Waals surface area contributed by atoms with Gasteiger partial charge in [-0.15, -0.1) is 0 Å². The highest BCUT2D eigenvalue weighted by Gasteiger charge is 2.49. The van der Waals surface area contributed by atoms with Crippen LogP contribution in [-0.2, 0) is 4.79 Å². The number of benzene rings is 1. The van der Waals surface area contributed by atoms with E-state index in [0.717, 1.165) is 29.7 Å². The van der Waals surface area contributed by atoms with Crippen LogP contribution in [0.2, 0.25) is 0 Å². The van der Waals surface area contributed by atoms with Gasteiger partial charge in [0.05, 0.1) is 11.6 Å². The Labute approximate surface area is 135 Å². The molecular weight excluding hydrogens is 291 g/mol. The van der Waals surface area contributed by atoms with Crippen LogP contribution in [0.15, 0.2) is 42.6 Å². The first-order valence-corrected chi connectivity index (χ1v) is 8.14. The van der Waals surface area contributed by atoms with Crippen LogP contribution in [-0.4, -0.2) is 28.9 Å². The maximum absolute atomic E-state index is 13.0. The normalized spacial score (nSPS) is 26.6. The molecule has 0 unspecified atom stereocenters. The number of fused-ring (bicyclic) bond motifs is 1. The van der Waals surface area contributed by atoms with E-state index in [9.17, 15) is 9.18 Å². The molecule has 1 aromatic heterocycles. The summed E-state index contributed by atoms with van der Waals surface area (Å²) >= 11 is 0. The summed E-state index contributed by atoms with van der Waals surface area (Å²) in [5.41, 5.74) is 2.73. The third kappa shape index (κ3) is 2.33. The molecular formula is C19H19FN2O. The zero-order valence-electron chi connectivity index (χ0n) is 13.1. The summed E-state index contributed by atoms with van der Waals surface area (Å²) < 4.78 is 13.0. The van der Waals surface area contributed by atoms with E-state index in [-0.39, 0.29) is 17.6 Å². The van der Waals surface area contributed by atoms with Gasteiger partial charge in [-0.3, -0.25) is 9.78 Å². The smallest absolute Gasteiger partial charge is 0.232 e. The number of amides is 1. The summed E-state index contributed by atoms with van der Waals surface area (Å²) in [4.78, 5) is 19.0. The number of carbonyl (C=O) groups excluding carboxylic acids is 1. The van der Waals surface area contributed by atoms with Gasteiger partial charge in [0.25, 0.3) is 0 Å². The largest absolute Gasteiger partial charge is 0.342 e. The minimum atomic E-state index is -0.245. The van der Waals surface area contributed by atoms with Gasteiger partial charge in [0.1, 0.15) is 5.82 Å². The average Bonchev–Trinajstić information content (AvgIpc) is 3.12. The molecule has 1 saturated carbocycles. The number of carbonyl (C=O) groups is 1. The molecule has 0 bridgehead atoms. The van der Waals surface area contributed by atoms with E-state index < -0.39 is 0 Å². The van der Waals surface area contributed by atoms with Crippen molar-refractivity contribution in [2.24, 2.45) is 5.92 Å². The fourth-order valence-corrected chi connectivity index (χ4v) is 4.15. The second kappa shape index (κ2) is 5.44. The first-order chi connectivity index (χ1) is 11.1. The summed E-state index contributed by atoms with van der Waals surface area (Å²) in [5, 5.41) is 0. The highest BCUT2D eigenvalue weighted by molar-refractivity contribution is 5.86. The van der Waals surface area contributed by atoms with Crippen LogP contribution in [0.3, 0.4) is 0 Å². The number of nitrogens with zero attached hydrogens (tertiary/aromatic N) is 2. The molecule has 1 aromatic carbocycles. The number of hydrogen-bond acceptors (Lipinski definition) is 2. The van der Waals surface area contributed by atoms with Crippen molar-refractivity contribution < 1.29 is 9.18 Å². The average molecular weight is 310 g/mol. The van der Waals surface area contributed by atoms with Crippen LogP contribution in [0, 0.1) is 11.7 Å².